The van der Waals surface area contributed by atoms with E-state index < -0.39 is 0 Å². The quantitative estimate of drug-likeness (QED) is 0.173. The van der Waals surface area contributed by atoms with Crippen molar-refractivity contribution in [2.45, 2.75) is 40.5 Å². The molecule has 2 nitrogen and oxygen atoms in total. The van der Waals surface area contributed by atoms with Crippen molar-refractivity contribution in [3.8, 4) is 22.5 Å². The second-order valence-corrected chi connectivity index (χ2v) is 10.6. The molecule has 3 heterocycles. The molecule has 0 amide bonds. The number of thiophene rings is 1. The van der Waals surface area contributed by atoms with Crippen LogP contribution in [0.15, 0.2) is 85.1 Å². The number of hydrogen-bond acceptors (Lipinski definition) is 3. The third-order valence-electron chi connectivity index (χ3n) is 6.56. The van der Waals surface area contributed by atoms with E-state index in [4.69, 9.17) is 2.74 Å². The first-order valence-corrected chi connectivity index (χ1v) is 13.3. The van der Waals surface area contributed by atoms with Crippen molar-refractivity contribution in [2.75, 3.05) is 0 Å². The Morgan fingerprint density at radius 1 is 0.868 bits per heavy atom. The third kappa shape index (κ3) is 5.94. The molecule has 0 bridgehead atoms. The number of fused-ring (bicyclic) bond motifs is 3. The van der Waals surface area contributed by atoms with Crippen molar-refractivity contribution >= 4 is 31.5 Å². The predicted octanol–water partition coefficient (Wildman–Crippen LogP) is 9.51. The normalized spacial score (nSPS) is 11.5. The minimum Gasteiger partial charge on any atom is -0.305 e. The van der Waals surface area contributed by atoms with Gasteiger partial charge in [-0.05, 0) is 53.0 Å². The van der Waals surface area contributed by atoms with Crippen molar-refractivity contribution in [1.82, 2.24) is 9.97 Å². The molecular formula is C34H30IrN2S-2. The van der Waals surface area contributed by atoms with Crippen LogP contribution in [0.2, 0.25) is 0 Å². The monoisotopic (exact) mass is 693 g/mol. The first-order chi connectivity index (χ1) is 18.7. The summed E-state index contributed by atoms with van der Waals surface area (Å²) in [6.45, 7) is 10.7. The molecule has 0 fully saturated rings. The second-order valence-electron chi connectivity index (χ2n) is 9.58. The van der Waals surface area contributed by atoms with Gasteiger partial charge in [-0.1, -0.05) is 74.0 Å². The fourth-order valence-corrected chi connectivity index (χ4v) is 5.44. The van der Waals surface area contributed by atoms with Crippen LogP contribution in [0, 0.1) is 32.9 Å². The van der Waals surface area contributed by atoms with Gasteiger partial charge in [0.05, 0.1) is 2.74 Å². The maximum absolute atomic E-state index is 8.05. The summed E-state index contributed by atoms with van der Waals surface area (Å²) in [5.41, 5.74) is 8.35. The van der Waals surface area contributed by atoms with Crippen molar-refractivity contribution in [2.24, 2.45) is 0 Å². The minimum absolute atomic E-state index is 0. The Labute approximate surface area is 246 Å². The van der Waals surface area contributed by atoms with Crippen LogP contribution in [-0.4, -0.2) is 9.97 Å². The van der Waals surface area contributed by atoms with Crippen LogP contribution in [0.3, 0.4) is 0 Å². The molecular weight excluding hydrogens is 661 g/mol. The molecule has 0 spiro atoms. The average Bonchev–Trinajstić information content (AvgIpc) is 3.31. The summed E-state index contributed by atoms with van der Waals surface area (Å²) in [5.74, 6) is 0.549. The van der Waals surface area contributed by atoms with Gasteiger partial charge < -0.3 is 9.97 Å². The summed E-state index contributed by atoms with van der Waals surface area (Å²) in [6, 6.07) is 27.4. The Morgan fingerprint density at radius 2 is 1.68 bits per heavy atom. The molecule has 0 saturated heterocycles. The zero-order chi connectivity index (χ0) is 27.7. The summed E-state index contributed by atoms with van der Waals surface area (Å²) in [6.07, 6.45) is 3.50. The summed E-state index contributed by atoms with van der Waals surface area (Å²) >= 11 is 1.70. The molecule has 38 heavy (non-hydrogen) atoms. The fourth-order valence-electron chi connectivity index (χ4n) is 4.25. The molecule has 0 aliphatic carbocycles. The Bertz CT molecular complexity index is 1790. The molecule has 0 aliphatic rings. The molecule has 6 aromatic rings. The van der Waals surface area contributed by atoms with Crippen molar-refractivity contribution in [1.29, 1.82) is 0 Å². The molecule has 0 unspecified atom stereocenters. The van der Waals surface area contributed by atoms with Gasteiger partial charge >= 0.3 is 0 Å². The summed E-state index contributed by atoms with van der Waals surface area (Å²) in [4.78, 5) is 8.73. The van der Waals surface area contributed by atoms with Gasteiger partial charge in [-0.3, -0.25) is 0 Å². The molecule has 193 valence electrons. The molecule has 4 heteroatoms. The van der Waals surface area contributed by atoms with Gasteiger partial charge in [-0.25, -0.2) is 0 Å². The van der Waals surface area contributed by atoms with E-state index in [1.807, 2.05) is 18.3 Å². The number of pyridine rings is 2. The Balaban J connectivity index is 0.000000187. The topological polar surface area (TPSA) is 25.8 Å². The second kappa shape index (κ2) is 12.1. The van der Waals surface area contributed by atoms with E-state index in [0.717, 1.165) is 27.1 Å². The largest absolute Gasteiger partial charge is 0.305 e. The molecule has 6 rings (SSSR count). The van der Waals surface area contributed by atoms with Crippen molar-refractivity contribution in [3.63, 3.8) is 0 Å². The first-order valence-electron chi connectivity index (χ1n) is 13.4. The molecule has 3 aromatic heterocycles. The van der Waals surface area contributed by atoms with Gasteiger partial charge in [-0.15, -0.1) is 58.7 Å². The molecule has 0 aliphatic heterocycles. The van der Waals surface area contributed by atoms with E-state index in [1.54, 1.807) is 17.5 Å². The Kier molecular flexibility index (Phi) is 8.02. The fraction of sp³-hybridized carbons (Fsp3) is 0.176. The first kappa shape index (κ1) is 25.1. The van der Waals surface area contributed by atoms with E-state index in [-0.39, 0.29) is 32.2 Å². The van der Waals surface area contributed by atoms with E-state index in [2.05, 4.69) is 99.2 Å². The summed E-state index contributed by atoms with van der Waals surface area (Å²) < 4.78 is 18.1. The van der Waals surface area contributed by atoms with Crippen LogP contribution in [0.5, 0.6) is 0 Å². The number of aromatic nitrogens is 2. The van der Waals surface area contributed by atoms with E-state index in [1.165, 1.54) is 38.2 Å². The maximum Gasteiger partial charge on any atom is 0.0616 e. The van der Waals surface area contributed by atoms with Gasteiger partial charge in [0.15, 0.2) is 0 Å². The smallest absolute Gasteiger partial charge is 0.0616 e. The van der Waals surface area contributed by atoms with Gasteiger partial charge in [0.1, 0.15) is 0 Å². The van der Waals surface area contributed by atoms with Crippen LogP contribution < -0.4 is 0 Å². The van der Waals surface area contributed by atoms with Crippen LogP contribution in [0.4, 0.5) is 0 Å². The number of rotatable bonds is 3. The number of benzene rings is 3. The third-order valence-corrected chi connectivity index (χ3v) is 7.64. The van der Waals surface area contributed by atoms with Gasteiger partial charge in [0.2, 0.25) is 0 Å². The number of nitrogens with zero attached hydrogens (tertiary/aromatic N) is 2. The number of hydrogen-bond donors (Lipinski definition) is 0. The molecule has 3 aromatic carbocycles. The maximum atomic E-state index is 8.05. The SMILES string of the molecule is Cc1cnc(-c2[c-]cc(C(C)C)cc2)cc1C.[2H]c1ccnc(-c2[c-]c3sc4ccccc4c3c(C)c2)c1[2H].[Ir]. The summed E-state index contributed by atoms with van der Waals surface area (Å²) in [5, 5.41) is 2.47. The summed E-state index contributed by atoms with van der Waals surface area (Å²) in [7, 11) is 0. The van der Waals surface area contributed by atoms with Crippen molar-refractivity contribution < 1.29 is 22.8 Å². The number of aryl methyl sites for hydroxylation is 3. The van der Waals surface area contributed by atoms with Crippen LogP contribution in [-0.2, 0) is 20.1 Å². The van der Waals surface area contributed by atoms with E-state index in [9.17, 15) is 0 Å². The standard InChI is InChI=1S/C18H12NS.C16H18N.Ir/c1-12-10-13(15-7-4-5-9-19-15)11-17-18(12)14-6-2-3-8-16(14)20-17;1-11(2)14-5-7-15(8-6-14)16-9-12(3)13(4)10-17-16;/h2-10H,1H3;5-7,9-11H,1-4H3;/q2*-1;/i4D,7D;;. The van der Waals surface area contributed by atoms with E-state index >= 15 is 0 Å². The van der Waals surface area contributed by atoms with Gasteiger partial charge in [0.25, 0.3) is 0 Å². The minimum atomic E-state index is 0. The van der Waals surface area contributed by atoms with Crippen LogP contribution in [0.25, 0.3) is 42.7 Å². The zero-order valence-corrected chi connectivity index (χ0v) is 25.4. The Hall–Kier alpha value is -3.17. The van der Waals surface area contributed by atoms with Crippen LogP contribution in [0.1, 0.15) is 44.8 Å². The molecule has 1 radical (unpaired) electrons. The molecule has 0 atom stereocenters. The molecule has 0 saturated carbocycles. The molecule has 0 N–H and O–H groups in total. The van der Waals surface area contributed by atoms with Gasteiger partial charge in [0, 0.05) is 37.2 Å². The Morgan fingerprint density at radius 3 is 2.42 bits per heavy atom. The average molecular weight is 693 g/mol. The van der Waals surface area contributed by atoms with Crippen LogP contribution >= 0.6 is 11.3 Å². The predicted molar refractivity (Wildman–Crippen MR) is 158 cm³/mol. The van der Waals surface area contributed by atoms with E-state index in [0.29, 0.717) is 11.6 Å². The van der Waals surface area contributed by atoms with Crippen molar-refractivity contribution in [3.05, 3.63) is 120 Å². The van der Waals surface area contributed by atoms with Gasteiger partial charge in [-0.2, -0.15) is 11.3 Å². The zero-order valence-electron chi connectivity index (χ0n) is 24.1.